The topological polar surface area (TPSA) is 45.7 Å². The van der Waals surface area contributed by atoms with Crippen molar-refractivity contribution in [1.29, 1.82) is 0 Å². The second-order valence-electron chi connectivity index (χ2n) is 5.56. The van der Waals surface area contributed by atoms with E-state index in [1.165, 1.54) is 16.7 Å². The molecule has 0 unspecified atom stereocenters. The molecular formula is C20H28IN3O. The molecular weight excluding hydrogens is 425 g/mol. The molecule has 136 valence electrons. The monoisotopic (exact) mass is 453 g/mol. The molecule has 2 N–H and O–H groups in total. The maximum atomic E-state index is 5.26. The highest BCUT2D eigenvalue weighted by atomic mass is 127. The van der Waals surface area contributed by atoms with Crippen LogP contribution in [-0.4, -0.2) is 26.2 Å². The lowest BCUT2D eigenvalue weighted by Gasteiger charge is -2.12. The van der Waals surface area contributed by atoms with Gasteiger partial charge in [-0.25, -0.2) is 4.99 Å². The normalized spacial score (nSPS) is 10.9. The number of methoxy groups -OCH3 is 1. The Balaban J connectivity index is 0.00000312. The first-order valence-corrected chi connectivity index (χ1v) is 8.45. The van der Waals surface area contributed by atoms with Crippen molar-refractivity contribution in [2.75, 3.05) is 20.2 Å². The standard InChI is InChI=1S/C20H27N3O.HI/c1-3-21-20(22-14-13-17-9-5-4-6-10-17)23-15-18-11-7-8-12-19(18)16-24-2;/h4-12H,3,13-16H2,1-2H3,(H2,21,22,23);1H. The van der Waals surface area contributed by atoms with E-state index in [4.69, 9.17) is 9.73 Å². The molecule has 0 aliphatic heterocycles. The Morgan fingerprint density at radius 1 is 0.960 bits per heavy atom. The summed E-state index contributed by atoms with van der Waals surface area (Å²) in [5.74, 6) is 0.848. The summed E-state index contributed by atoms with van der Waals surface area (Å²) in [5.41, 5.74) is 3.70. The van der Waals surface area contributed by atoms with E-state index in [2.05, 4.69) is 54.0 Å². The quantitative estimate of drug-likeness (QED) is 0.364. The predicted molar refractivity (Wildman–Crippen MR) is 116 cm³/mol. The number of benzene rings is 2. The van der Waals surface area contributed by atoms with Gasteiger partial charge in [0.15, 0.2) is 5.96 Å². The van der Waals surface area contributed by atoms with Crippen molar-refractivity contribution >= 4 is 29.9 Å². The average molecular weight is 453 g/mol. The molecule has 0 atom stereocenters. The molecule has 0 fully saturated rings. The van der Waals surface area contributed by atoms with Gasteiger partial charge in [0.1, 0.15) is 0 Å². The average Bonchev–Trinajstić information content (AvgIpc) is 2.62. The van der Waals surface area contributed by atoms with Gasteiger partial charge in [-0.15, -0.1) is 24.0 Å². The second-order valence-corrected chi connectivity index (χ2v) is 5.56. The van der Waals surface area contributed by atoms with E-state index in [0.717, 1.165) is 25.5 Å². The molecule has 0 bridgehead atoms. The van der Waals surface area contributed by atoms with Gasteiger partial charge in [-0.3, -0.25) is 0 Å². The van der Waals surface area contributed by atoms with E-state index in [9.17, 15) is 0 Å². The van der Waals surface area contributed by atoms with Gasteiger partial charge < -0.3 is 15.4 Å². The first kappa shape index (κ1) is 21.4. The Bertz CT molecular complexity index is 632. The SMILES string of the molecule is CCNC(=NCc1ccccc1COC)NCCc1ccccc1.I. The summed E-state index contributed by atoms with van der Waals surface area (Å²) in [6.45, 7) is 5.03. The third kappa shape index (κ3) is 7.88. The van der Waals surface area contributed by atoms with Gasteiger partial charge in [0, 0.05) is 20.2 Å². The molecule has 0 amide bonds. The van der Waals surface area contributed by atoms with E-state index in [1.807, 2.05) is 18.2 Å². The second kappa shape index (κ2) is 12.7. The van der Waals surface area contributed by atoms with Crippen LogP contribution in [0.1, 0.15) is 23.6 Å². The zero-order valence-electron chi connectivity index (χ0n) is 15.0. The molecule has 25 heavy (non-hydrogen) atoms. The van der Waals surface area contributed by atoms with Crippen LogP contribution >= 0.6 is 24.0 Å². The third-order valence-electron chi connectivity index (χ3n) is 3.72. The molecule has 0 aromatic heterocycles. The number of aliphatic imine (C=N–C) groups is 1. The van der Waals surface area contributed by atoms with Gasteiger partial charge in [0.05, 0.1) is 13.2 Å². The molecule has 0 saturated carbocycles. The van der Waals surface area contributed by atoms with E-state index in [0.29, 0.717) is 13.2 Å². The van der Waals surface area contributed by atoms with Crippen molar-refractivity contribution in [3.8, 4) is 0 Å². The van der Waals surface area contributed by atoms with Crippen LogP contribution in [0.15, 0.2) is 59.6 Å². The van der Waals surface area contributed by atoms with Crippen LogP contribution in [0, 0.1) is 0 Å². The smallest absolute Gasteiger partial charge is 0.191 e. The summed E-state index contributed by atoms with van der Waals surface area (Å²) in [5, 5.41) is 6.70. The Morgan fingerprint density at radius 2 is 1.64 bits per heavy atom. The van der Waals surface area contributed by atoms with Crippen molar-refractivity contribution in [2.24, 2.45) is 4.99 Å². The van der Waals surface area contributed by atoms with Crippen molar-refractivity contribution in [2.45, 2.75) is 26.5 Å². The van der Waals surface area contributed by atoms with Crippen LogP contribution in [0.4, 0.5) is 0 Å². The molecule has 0 heterocycles. The van der Waals surface area contributed by atoms with Crippen LogP contribution in [-0.2, 0) is 24.3 Å². The van der Waals surface area contributed by atoms with Crippen LogP contribution in [0.25, 0.3) is 0 Å². The van der Waals surface area contributed by atoms with Gasteiger partial charge in [-0.05, 0) is 30.0 Å². The molecule has 0 radical (unpaired) electrons. The molecule has 0 saturated heterocycles. The van der Waals surface area contributed by atoms with Gasteiger partial charge in [-0.2, -0.15) is 0 Å². The fourth-order valence-corrected chi connectivity index (χ4v) is 2.48. The predicted octanol–water partition coefficient (Wildman–Crippen LogP) is 3.75. The summed E-state index contributed by atoms with van der Waals surface area (Å²) >= 11 is 0. The Labute approximate surface area is 168 Å². The zero-order valence-corrected chi connectivity index (χ0v) is 17.3. The Morgan fingerprint density at radius 3 is 2.32 bits per heavy atom. The number of nitrogens with one attached hydrogen (secondary N) is 2. The minimum absolute atomic E-state index is 0. The minimum Gasteiger partial charge on any atom is -0.380 e. The molecule has 4 nitrogen and oxygen atoms in total. The maximum Gasteiger partial charge on any atom is 0.191 e. The number of nitrogens with zero attached hydrogens (tertiary/aromatic N) is 1. The zero-order chi connectivity index (χ0) is 17.0. The molecule has 2 rings (SSSR count). The van der Waals surface area contributed by atoms with Crippen LogP contribution in [0.3, 0.4) is 0 Å². The van der Waals surface area contributed by atoms with E-state index < -0.39 is 0 Å². The molecule has 5 heteroatoms. The summed E-state index contributed by atoms with van der Waals surface area (Å²) in [4.78, 5) is 4.70. The number of hydrogen-bond donors (Lipinski definition) is 2. The first-order chi connectivity index (χ1) is 11.8. The summed E-state index contributed by atoms with van der Waals surface area (Å²) in [6, 6.07) is 18.7. The molecule has 2 aromatic rings. The van der Waals surface area contributed by atoms with Crippen molar-refractivity contribution < 1.29 is 4.74 Å². The lowest BCUT2D eigenvalue weighted by Crippen LogP contribution is -2.38. The van der Waals surface area contributed by atoms with Crippen molar-refractivity contribution in [1.82, 2.24) is 10.6 Å². The fraction of sp³-hybridized carbons (Fsp3) is 0.350. The lowest BCUT2D eigenvalue weighted by molar-refractivity contribution is 0.184. The highest BCUT2D eigenvalue weighted by molar-refractivity contribution is 14.0. The van der Waals surface area contributed by atoms with Gasteiger partial charge in [-0.1, -0.05) is 54.6 Å². The van der Waals surface area contributed by atoms with Crippen LogP contribution in [0.2, 0.25) is 0 Å². The first-order valence-electron chi connectivity index (χ1n) is 8.45. The summed E-state index contributed by atoms with van der Waals surface area (Å²) in [7, 11) is 1.72. The molecule has 0 aliphatic rings. The maximum absolute atomic E-state index is 5.26. The van der Waals surface area contributed by atoms with Crippen LogP contribution in [0.5, 0.6) is 0 Å². The summed E-state index contributed by atoms with van der Waals surface area (Å²) in [6.07, 6.45) is 0.978. The molecule has 0 aliphatic carbocycles. The van der Waals surface area contributed by atoms with Crippen molar-refractivity contribution in [3.05, 3.63) is 71.3 Å². The molecule has 2 aromatic carbocycles. The van der Waals surface area contributed by atoms with Gasteiger partial charge >= 0.3 is 0 Å². The number of hydrogen-bond acceptors (Lipinski definition) is 2. The highest BCUT2D eigenvalue weighted by Crippen LogP contribution is 2.11. The number of halogens is 1. The summed E-state index contributed by atoms with van der Waals surface area (Å²) < 4.78 is 5.26. The number of rotatable bonds is 8. The highest BCUT2D eigenvalue weighted by Gasteiger charge is 2.02. The minimum atomic E-state index is 0. The number of guanidine groups is 1. The van der Waals surface area contributed by atoms with Crippen LogP contribution < -0.4 is 10.6 Å². The fourth-order valence-electron chi connectivity index (χ4n) is 2.48. The lowest BCUT2D eigenvalue weighted by atomic mass is 10.1. The van der Waals surface area contributed by atoms with E-state index >= 15 is 0 Å². The van der Waals surface area contributed by atoms with E-state index in [1.54, 1.807) is 7.11 Å². The largest absolute Gasteiger partial charge is 0.380 e. The Hall–Kier alpha value is -1.60. The van der Waals surface area contributed by atoms with E-state index in [-0.39, 0.29) is 24.0 Å². The van der Waals surface area contributed by atoms with Gasteiger partial charge in [0.2, 0.25) is 0 Å². The Kier molecular flexibility index (Phi) is 10.9. The van der Waals surface area contributed by atoms with Gasteiger partial charge in [0.25, 0.3) is 0 Å². The molecule has 0 spiro atoms. The van der Waals surface area contributed by atoms with Crippen molar-refractivity contribution in [3.63, 3.8) is 0 Å². The third-order valence-corrected chi connectivity index (χ3v) is 3.72. The number of ether oxygens (including phenoxy) is 1.